The van der Waals surface area contributed by atoms with Gasteiger partial charge in [-0.05, 0) is 33.9 Å². The zero-order valence-corrected chi connectivity index (χ0v) is 10.7. The summed E-state index contributed by atoms with van der Waals surface area (Å²) >= 11 is 0. The van der Waals surface area contributed by atoms with E-state index in [4.69, 9.17) is 4.74 Å². The summed E-state index contributed by atoms with van der Waals surface area (Å²) < 4.78 is 5.02. The zero-order chi connectivity index (χ0) is 13.2. The normalized spacial score (nSPS) is 11.7. The van der Waals surface area contributed by atoms with Crippen LogP contribution in [0.25, 0.3) is 16.7 Å². The van der Waals surface area contributed by atoms with Crippen molar-refractivity contribution in [2.24, 2.45) is 0 Å². The average Bonchev–Trinajstić information content (AvgIpc) is 2.74. The molecule has 2 aromatic rings. The minimum atomic E-state index is -0.253. The van der Waals surface area contributed by atoms with Crippen LogP contribution in [0.1, 0.15) is 18.1 Å². The van der Waals surface area contributed by atoms with Crippen molar-refractivity contribution in [3.63, 3.8) is 0 Å². The first-order valence-electron chi connectivity index (χ1n) is 6.30. The molecule has 0 radical (unpaired) electrons. The molecule has 2 nitrogen and oxygen atoms in total. The highest BCUT2D eigenvalue weighted by Crippen LogP contribution is 2.43. The second kappa shape index (κ2) is 4.73. The van der Waals surface area contributed by atoms with Gasteiger partial charge >= 0.3 is 5.97 Å². The quantitative estimate of drug-likeness (QED) is 0.649. The molecular formula is C17H14O2. The van der Waals surface area contributed by atoms with E-state index in [-0.39, 0.29) is 5.97 Å². The number of rotatable bonds is 2. The van der Waals surface area contributed by atoms with Crippen LogP contribution in [0, 0.1) is 0 Å². The van der Waals surface area contributed by atoms with Crippen molar-refractivity contribution in [2.75, 3.05) is 6.61 Å². The Hall–Kier alpha value is -2.35. The third-order valence-corrected chi connectivity index (χ3v) is 3.30. The molecule has 1 aliphatic rings. The predicted octanol–water partition coefficient (Wildman–Crippen LogP) is 3.66. The Morgan fingerprint density at radius 2 is 1.42 bits per heavy atom. The molecule has 1 aliphatic carbocycles. The summed E-state index contributed by atoms with van der Waals surface area (Å²) in [5.41, 5.74) is 6.04. The monoisotopic (exact) mass is 250 g/mol. The number of carbonyl (C=O) groups is 1. The standard InChI is InChI=1S/C17H14O2/c1-12(18)19-11-10-17-15-8-4-2-6-13(15)14-7-3-5-9-16(14)17/h2-10H,11H2,1H3. The lowest BCUT2D eigenvalue weighted by atomic mass is 10.0. The van der Waals surface area contributed by atoms with Crippen LogP contribution in [0.15, 0.2) is 54.6 Å². The smallest absolute Gasteiger partial charge is 0.302 e. The van der Waals surface area contributed by atoms with Crippen LogP contribution in [-0.2, 0) is 9.53 Å². The fourth-order valence-electron chi connectivity index (χ4n) is 2.51. The van der Waals surface area contributed by atoms with Crippen LogP contribution in [0.5, 0.6) is 0 Å². The first kappa shape index (κ1) is 11.7. The number of hydrogen-bond donors (Lipinski definition) is 0. The van der Waals surface area contributed by atoms with Gasteiger partial charge in [0, 0.05) is 6.92 Å². The Bertz CT molecular complexity index is 621. The second-order valence-corrected chi connectivity index (χ2v) is 4.51. The van der Waals surface area contributed by atoms with Gasteiger partial charge in [0.15, 0.2) is 0 Å². The Kier molecular flexibility index (Phi) is 2.92. The maximum absolute atomic E-state index is 10.9. The molecule has 0 unspecified atom stereocenters. The van der Waals surface area contributed by atoms with E-state index in [1.54, 1.807) is 0 Å². The van der Waals surface area contributed by atoms with Crippen molar-refractivity contribution in [2.45, 2.75) is 6.92 Å². The minimum Gasteiger partial charge on any atom is -0.462 e. The van der Waals surface area contributed by atoms with Crippen molar-refractivity contribution < 1.29 is 9.53 Å². The Balaban J connectivity index is 2.07. The third-order valence-electron chi connectivity index (χ3n) is 3.30. The van der Waals surface area contributed by atoms with Gasteiger partial charge in [-0.1, -0.05) is 48.5 Å². The number of hydrogen-bond acceptors (Lipinski definition) is 2. The fraction of sp³-hybridized carbons (Fsp3) is 0.118. The summed E-state index contributed by atoms with van der Waals surface area (Å²) in [5, 5.41) is 0. The van der Waals surface area contributed by atoms with Gasteiger partial charge in [-0.3, -0.25) is 4.79 Å². The first-order valence-corrected chi connectivity index (χ1v) is 6.30. The van der Waals surface area contributed by atoms with Crippen LogP contribution in [0.3, 0.4) is 0 Å². The number of ether oxygens (including phenoxy) is 1. The molecule has 0 saturated carbocycles. The molecule has 3 rings (SSSR count). The van der Waals surface area contributed by atoms with Crippen LogP contribution >= 0.6 is 0 Å². The molecule has 0 atom stereocenters. The van der Waals surface area contributed by atoms with Crippen LogP contribution < -0.4 is 0 Å². The van der Waals surface area contributed by atoms with Gasteiger partial charge in [0.05, 0.1) is 0 Å². The molecule has 0 heterocycles. The second-order valence-electron chi connectivity index (χ2n) is 4.51. The molecule has 0 aliphatic heterocycles. The summed E-state index contributed by atoms with van der Waals surface area (Å²) in [5.74, 6) is -0.253. The number of esters is 1. The summed E-state index contributed by atoms with van der Waals surface area (Å²) in [6.07, 6.45) is 1.98. The molecule has 2 aromatic carbocycles. The van der Waals surface area contributed by atoms with E-state index in [2.05, 4.69) is 24.3 Å². The average molecular weight is 250 g/mol. The van der Waals surface area contributed by atoms with E-state index in [9.17, 15) is 4.79 Å². The lowest BCUT2D eigenvalue weighted by molar-refractivity contribution is -0.139. The Morgan fingerprint density at radius 3 is 1.89 bits per heavy atom. The highest BCUT2D eigenvalue weighted by Gasteiger charge is 2.21. The molecule has 0 bridgehead atoms. The van der Waals surface area contributed by atoms with Gasteiger partial charge < -0.3 is 4.74 Å². The lowest BCUT2D eigenvalue weighted by Crippen LogP contribution is -1.98. The molecule has 0 amide bonds. The van der Waals surface area contributed by atoms with E-state index in [1.807, 2.05) is 30.3 Å². The van der Waals surface area contributed by atoms with Gasteiger partial charge in [0.1, 0.15) is 6.61 Å². The molecule has 0 spiro atoms. The minimum absolute atomic E-state index is 0.253. The predicted molar refractivity (Wildman–Crippen MR) is 75.6 cm³/mol. The van der Waals surface area contributed by atoms with Gasteiger partial charge in [0.2, 0.25) is 0 Å². The van der Waals surface area contributed by atoms with Crippen molar-refractivity contribution in [3.05, 3.63) is 65.7 Å². The summed E-state index contributed by atoms with van der Waals surface area (Å²) in [6, 6.07) is 16.6. The first-order chi connectivity index (χ1) is 9.27. The Labute approximate surface area is 112 Å². The molecule has 0 saturated heterocycles. The highest BCUT2D eigenvalue weighted by atomic mass is 16.5. The summed E-state index contributed by atoms with van der Waals surface area (Å²) in [7, 11) is 0. The van der Waals surface area contributed by atoms with E-state index in [1.165, 1.54) is 29.2 Å². The number of benzene rings is 2. The fourth-order valence-corrected chi connectivity index (χ4v) is 2.51. The highest BCUT2D eigenvalue weighted by molar-refractivity contribution is 6.01. The van der Waals surface area contributed by atoms with E-state index >= 15 is 0 Å². The van der Waals surface area contributed by atoms with Crippen LogP contribution in [-0.4, -0.2) is 12.6 Å². The summed E-state index contributed by atoms with van der Waals surface area (Å²) in [4.78, 5) is 10.9. The SMILES string of the molecule is CC(=O)OCC=C1c2ccccc2-c2ccccc21. The maximum atomic E-state index is 10.9. The van der Waals surface area contributed by atoms with Crippen molar-refractivity contribution in [1.82, 2.24) is 0 Å². The van der Waals surface area contributed by atoms with Crippen molar-refractivity contribution in [3.8, 4) is 11.1 Å². The van der Waals surface area contributed by atoms with E-state index in [0.717, 1.165) is 5.57 Å². The lowest BCUT2D eigenvalue weighted by Gasteiger charge is -2.03. The van der Waals surface area contributed by atoms with Crippen molar-refractivity contribution >= 4 is 11.5 Å². The van der Waals surface area contributed by atoms with Gasteiger partial charge in [0.25, 0.3) is 0 Å². The molecule has 0 N–H and O–H groups in total. The van der Waals surface area contributed by atoms with Gasteiger partial charge in [-0.2, -0.15) is 0 Å². The van der Waals surface area contributed by atoms with E-state index < -0.39 is 0 Å². The number of fused-ring (bicyclic) bond motifs is 3. The van der Waals surface area contributed by atoms with Crippen LogP contribution in [0.2, 0.25) is 0 Å². The third kappa shape index (κ3) is 2.06. The molecule has 2 heteroatoms. The molecule has 0 aromatic heterocycles. The largest absolute Gasteiger partial charge is 0.462 e. The summed E-state index contributed by atoms with van der Waals surface area (Å²) in [6.45, 7) is 1.74. The molecular weight excluding hydrogens is 236 g/mol. The Morgan fingerprint density at radius 1 is 0.947 bits per heavy atom. The van der Waals surface area contributed by atoms with Gasteiger partial charge in [-0.15, -0.1) is 0 Å². The molecule has 0 fully saturated rings. The topological polar surface area (TPSA) is 26.3 Å². The zero-order valence-electron chi connectivity index (χ0n) is 10.7. The number of carbonyl (C=O) groups excluding carboxylic acids is 1. The van der Waals surface area contributed by atoms with E-state index in [0.29, 0.717) is 6.61 Å². The molecule has 19 heavy (non-hydrogen) atoms. The molecule has 94 valence electrons. The van der Waals surface area contributed by atoms with Gasteiger partial charge in [-0.25, -0.2) is 0 Å². The van der Waals surface area contributed by atoms with Crippen molar-refractivity contribution in [1.29, 1.82) is 0 Å². The van der Waals surface area contributed by atoms with Crippen LogP contribution in [0.4, 0.5) is 0 Å². The maximum Gasteiger partial charge on any atom is 0.302 e.